The van der Waals surface area contributed by atoms with E-state index in [4.69, 9.17) is 25.2 Å². The van der Waals surface area contributed by atoms with Gasteiger partial charge in [0.2, 0.25) is 0 Å². The molecule has 2 rings (SSSR count). The first-order chi connectivity index (χ1) is 9.66. The Morgan fingerprint density at radius 1 is 0.950 bits per heavy atom. The van der Waals surface area contributed by atoms with Crippen molar-refractivity contribution in [3.63, 3.8) is 0 Å². The molecule has 5 heteroatoms. The van der Waals surface area contributed by atoms with Gasteiger partial charge in [-0.3, -0.25) is 0 Å². The highest BCUT2D eigenvalue weighted by atomic mass is 16.5. The Labute approximate surface area is 117 Å². The molecule has 2 N–H and O–H groups in total. The standard InChI is InChI=1S/C15H14N2O3/c1-18-11-3-4-15(14(17)8-11)20-13-6-10(9-16)5-12(7-13)19-2/h3-8H,17H2,1-2H3. The van der Waals surface area contributed by atoms with Crippen LogP contribution in [0.1, 0.15) is 5.56 Å². The second-order valence-corrected chi connectivity index (χ2v) is 4.01. The van der Waals surface area contributed by atoms with Gasteiger partial charge in [0.15, 0.2) is 5.75 Å². The van der Waals surface area contributed by atoms with Gasteiger partial charge in [-0.25, -0.2) is 0 Å². The Kier molecular flexibility index (Phi) is 3.96. The molecule has 0 aliphatic rings. The van der Waals surface area contributed by atoms with Crippen molar-refractivity contribution in [3.05, 3.63) is 42.0 Å². The molecule has 0 spiro atoms. The lowest BCUT2D eigenvalue weighted by molar-refractivity contribution is 0.407. The van der Waals surface area contributed by atoms with Gasteiger partial charge in [-0.1, -0.05) is 0 Å². The van der Waals surface area contributed by atoms with Gasteiger partial charge in [0.25, 0.3) is 0 Å². The van der Waals surface area contributed by atoms with Crippen LogP contribution >= 0.6 is 0 Å². The highest BCUT2D eigenvalue weighted by molar-refractivity contribution is 5.58. The number of benzene rings is 2. The third kappa shape index (κ3) is 2.93. The minimum atomic E-state index is 0.450. The Bertz CT molecular complexity index is 663. The number of nitriles is 1. The zero-order valence-corrected chi connectivity index (χ0v) is 11.2. The summed E-state index contributed by atoms with van der Waals surface area (Å²) in [5, 5.41) is 8.97. The van der Waals surface area contributed by atoms with Gasteiger partial charge in [-0.05, 0) is 24.3 Å². The van der Waals surface area contributed by atoms with E-state index in [0.717, 1.165) is 0 Å². The average Bonchev–Trinajstić information content (AvgIpc) is 2.48. The van der Waals surface area contributed by atoms with Crippen molar-refractivity contribution >= 4 is 5.69 Å². The number of rotatable bonds is 4. The van der Waals surface area contributed by atoms with Gasteiger partial charge in [-0.15, -0.1) is 0 Å². The van der Waals surface area contributed by atoms with E-state index in [1.165, 1.54) is 7.11 Å². The molecule has 0 saturated carbocycles. The van der Waals surface area contributed by atoms with E-state index in [1.807, 2.05) is 6.07 Å². The molecule has 2 aromatic carbocycles. The third-order valence-electron chi connectivity index (χ3n) is 2.69. The fourth-order valence-electron chi connectivity index (χ4n) is 1.69. The van der Waals surface area contributed by atoms with E-state index in [1.54, 1.807) is 43.5 Å². The van der Waals surface area contributed by atoms with Crippen molar-refractivity contribution in [2.45, 2.75) is 0 Å². The van der Waals surface area contributed by atoms with Crippen LogP contribution in [0, 0.1) is 11.3 Å². The topological polar surface area (TPSA) is 77.5 Å². The average molecular weight is 270 g/mol. The van der Waals surface area contributed by atoms with Crippen molar-refractivity contribution in [3.8, 4) is 29.1 Å². The van der Waals surface area contributed by atoms with E-state index in [9.17, 15) is 0 Å². The molecule has 20 heavy (non-hydrogen) atoms. The van der Waals surface area contributed by atoms with E-state index in [2.05, 4.69) is 0 Å². The number of anilines is 1. The molecule has 5 nitrogen and oxygen atoms in total. The Morgan fingerprint density at radius 2 is 1.65 bits per heavy atom. The first-order valence-electron chi connectivity index (χ1n) is 5.87. The molecule has 0 atom stereocenters. The molecule has 0 aliphatic carbocycles. The van der Waals surface area contributed by atoms with Crippen LogP contribution in [0.15, 0.2) is 36.4 Å². The minimum Gasteiger partial charge on any atom is -0.497 e. The summed E-state index contributed by atoms with van der Waals surface area (Å²) in [5.41, 5.74) is 6.78. The molecular formula is C15H14N2O3. The van der Waals surface area contributed by atoms with Gasteiger partial charge >= 0.3 is 0 Å². The van der Waals surface area contributed by atoms with Crippen LogP contribution in [0.4, 0.5) is 5.69 Å². The quantitative estimate of drug-likeness (QED) is 0.864. The number of hydrogen-bond donors (Lipinski definition) is 1. The Hall–Kier alpha value is -2.87. The zero-order valence-electron chi connectivity index (χ0n) is 11.2. The summed E-state index contributed by atoms with van der Waals surface area (Å²) in [6, 6.07) is 12.1. The number of nitrogen functional groups attached to an aromatic ring is 1. The number of nitrogens with zero attached hydrogens (tertiary/aromatic N) is 1. The fourth-order valence-corrected chi connectivity index (χ4v) is 1.69. The van der Waals surface area contributed by atoms with Gasteiger partial charge in [0, 0.05) is 12.1 Å². The van der Waals surface area contributed by atoms with Crippen molar-refractivity contribution in [2.75, 3.05) is 20.0 Å². The van der Waals surface area contributed by atoms with Gasteiger partial charge in [0.05, 0.1) is 31.5 Å². The van der Waals surface area contributed by atoms with Crippen molar-refractivity contribution in [1.82, 2.24) is 0 Å². The van der Waals surface area contributed by atoms with Crippen LogP contribution in [0.5, 0.6) is 23.0 Å². The van der Waals surface area contributed by atoms with Crippen LogP contribution in [0.3, 0.4) is 0 Å². The zero-order chi connectivity index (χ0) is 14.5. The predicted octanol–water partition coefficient (Wildman–Crippen LogP) is 2.95. The summed E-state index contributed by atoms with van der Waals surface area (Å²) < 4.78 is 15.9. The van der Waals surface area contributed by atoms with Crippen molar-refractivity contribution < 1.29 is 14.2 Å². The summed E-state index contributed by atoms with van der Waals surface area (Å²) in [6.07, 6.45) is 0. The van der Waals surface area contributed by atoms with Crippen LogP contribution in [-0.4, -0.2) is 14.2 Å². The summed E-state index contributed by atoms with van der Waals surface area (Å²) in [5.74, 6) is 2.17. The van der Waals surface area contributed by atoms with E-state index in [0.29, 0.717) is 34.2 Å². The maximum absolute atomic E-state index is 8.97. The number of methoxy groups -OCH3 is 2. The summed E-state index contributed by atoms with van der Waals surface area (Å²) in [6.45, 7) is 0. The second-order valence-electron chi connectivity index (χ2n) is 4.01. The molecule has 0 heterocycles. The molecule has 102 valence electrons. The van der Waals surface area contributed by atoms with Crippen LogP contribution in [0.2, 0.25) is 0 Å². The minimum absolute atomic E-state index is 0.450. The van der Waals surface area contributed by atoms with Crippen LogP contribution < -0.4 is 19.9 Å². The lowest BCUT2D eigenvalue weighted by Gasteiger charge is -2.11. The van der Waals surface area contributed by atoms with Crippen LogP contribution in [-0.2, 0) is 0 Å². The predicted molar refractivity (Wildman–Crippen MR) is 75.2 cm³/mol. The molecule has 0 saturated heterocycles. The molecule has 0 unspecified atom stereocenters. The van der Waals surface area contributed by atoms with Crippen molar-refractivity contribution in [1.29, 1.82) is 5.26 Å². The van der Waals surface area contributed by atoms with Gasteiger partial charge in [-0.2, -0.15) is 5.26 Å². The number of ether oxygens (including phenoxy) is 3. The van der Waals surface area contributed by atoms with E-state index >= 15 is 0 Å². The largest absolute Gasteiger partial charge is 0.497 e. The molecule has 0 radical (unpaired) electrons. The van der Waals surface area contributed by atoms with Crippen molar-refractivity contribution in [2.24, 2.45) is 0 Å². The number of nitrogens with two attached hydrogens (primary N) is 1. The second kappa shape index (κ2) is 5.85. The number of hydrogen-bond acceptors (Lipinski definition) is 5. The smallest absolute Gasteiger partial charge is 0.150 e. The Balaban J connectivity index is 2.32. The molecular weight excluding hydrogens is 256 g/mol. The Morgan fingerprint density at radius 3 is 2.25 bits per heavy atom. The summed E-state index contributed by atoms with van der Waals surface area (Å²) in [4.78, 5) is 0. The maximum atomic E-state index is 8.97. The SMILES string of the molecule is COc1cc(C#N)cc(Oc2ccc(OC)cc2N)c1. The first-order valence-corrected chi connectivity index (χ1v) is 5.87. The summed E-state index contributed by atoms with van der Waals surface area (Å²) >= 11 is 0. The normalized spacial score (nSPS) is 9.65. The third-order valence-corrected chi connectivity index (χ3v) is 2.69. The lowest BCUT2D eigenvalue weighted by atomic mass is 10.2. The first kappa shape index (κ1) is 13.6. The fraction of sp³-hybridized carbons (Fsp3) is 0.133. The molecule has 0 aromatic heterocycles. The molecule has 0 amide bonds. The molecule has 2 aromatic rings. The highest BCUT2D eigenvalue weighted by Gasteiger charge is 2.07. The molecule has 0 aliphatic heterocycles. The highest BCUT2D eigenvalue weighted by Crippen LogP contribution is 2.32. The summed E-state index contributed by atoms with van der Waals surface area (Å²) in [7, 11) is 3.10. The van der Waals surface area contributed by atoms with Gasteiger partial charge in [0.1, 0.15) is 17.2 Å². The van der Waals surface area contributed by atoms with E-state index in [-0.39, 0.29) is 0 Å². The molecule has 0 bridgehead atoms. The maximum Gasteiger partial charge on any atom is 0.150 e. The monoisotopic (exact) mass is 270 g/mol. The molecule has 0 fully saturated rings. The van der Waals surface area contributed by atoms with Gasteiger partial charge < -0.3 is 19.9 Å². The lowest BCUT2D eigenvalue weighted by Crippen LogP contribution is -1.94. The van der Waals surface area contributed by atoms with E-state index < -0.39 is 0 Å². The van der Waals surface area contributed by atoms with Crippen LogP contribution in [0.25, 0.3) is 0 Å².